The first-order valence-electron chi connectivity index (χ1n) is 9.33. The van der Waals surface area contributed by atoms with Gasteiger partial charge in [0.05, 0.1) is 18.4 Å². The molecular formula is C22H18BrN5O2S. The first kappa shape index (κ1) is 21.0. The van der Waals surface area contributed by atoms with Crippen molar-refractivity contribution in [3.63, 3.8) is 0 Å². The van der Waals surface area contributed by atoms with Crippen LogP contribution in [0.4, 0.5) is 5.69 Å². The number of halogens is 1. The molecule has 1 aromatic heterocycles. The summed E-state index contributed by atoms with van der Waals surface area (Å²) in [6.07, 6.45) is 0. The number of para-hydroxylation sites is 1. The predicted molar refractivity (Wildman–Crippen MR) is 128 cm³/mol. The van der Waals surface area contributed by atoms with Crippen LogP contribution in [-0.2, 0) is 0 Å². The van der Waals surface area contributed by atoms with Crippen molar-refractivity contribution < 1.29 is 9.53 Å². The quantitative estimate of drug-likeness (QED) is 0.401. The van der Waals surface area contributed by atoms with E-state index in [1.807, 2.05) is 49.4 Å². The predicted octanol–water partition coefficient (Wildman–Crippen LogP) is 4.63. The van der Waals surface area contributed by atoms with E-state index in [1.54, 1.807) is 23.0 Å². The second-order valence-electron chi connectivity index (χ2n) is 6.73. The number of carbonyl (C=O) groups is 1. The molecule has 0 bridgehead atoms. The highest BCUT2D eigenvalue weighted by atomic mass is 79.9. The van der Waals surface area contributed by atoms with E-state index in [0.29, 0.717) is 16.8 Å². The third-order valence-electron chi connectivity index (χ3n) is 4.60. The fourth-order valence-electron chi connectivity index (χ4n) is 3.06. The van der Waals surface area contributed by atoms with Gasteiger partial charge in [-0.25, -0.2) is 0 Å². The van der Waals surface area contributed by atoms with Crippen LogP contribution >= 0.6 is 28.1 Å². The van der Waals surface area contributed by atoms with E-state index in [2.05, 4.69) is 36.8 Å². The van der Waals surface area contributed by atoms with Gasteiger partial charge in [0.1, 0.15) is 16.8 Å². The van der Waals surface area contributed by atoms with Gasteiger partial charge in [0.15, 0.2) is 5.11 Å². The van der Waals surface area contributed by atoms with Gasteiger partial charge in [-0.1, -0.05) is 34.1 Å². The summed E-state index contributed by atoms with van der Waals surface area (Å²) in [5.74, 6) is 0.0861. The van der Waals surface area contributed by atoms with Crippen molar-refractivity contribution in [2.45, 2.75) is 6.92 Å². The second-order valence-corrected chi connectivity index (χ2v) is 8.06. The number of carbonyl (C=O) groups excluding carboxylic acids is 1. The van der Waals surface area contributed by atoms with Gasteiger partial charge in [0, 0.05) is 10.2 Å². The minimum atomic E-state index is -0.371. The van der Waals surface area contributed by atoms with Gasteiger partial charge < -0.3 is 10.1 Å². The lowest BCUT2D eigenvalue weighted by atomic mass is 10.1. The molecule has 0 radical (unpaired) electrons. The van der Waals surface area contributed by atoms with Crippen molar-refractivity contribution in [2.75, 3.05) is 12.4 Å². The third kappa shape index (κ3) is 4.57. The van der Waals surface area contributed by atoms with Crippen LogP contribution < -0.4 is 15.4 Å². The fourth-order valence-corrected chi connectivity index (χ4v) is 3.62. The molecule has 0 aliphatic heterocycles. The Kier molecular flexibility index (Phi) is 5.97. The molecule has 4 aromatic rings. The number of benzene rings is 3. The minimum absolute atomic E-state index is 0.171. The number of methoxy groups -OCH3 is 1. The van der Waals surface area contributed by atoms with Gasteiger partial charge in [0.2, 0.25) is 0 Å². The lowest BCUT2D eigenvalue weighted by molar-refractivity contribution is 0.0974. The summed E-state index contributed by atoms with van der Waals surface area (Å²) in [4.78, 5) is 14.3. The molecular weight excluding hydrogens is 478 g/mol. The molecule has 0 unspecified atom stereocenters. The lowest BCUT2D eigenvalue weighted by Gasteiger charge is -2.13. The van der Waals surface area contributed by atoms with Crippen LogP contribution in [0, 0.1) is 6.92 Å². The van der Waals surface area contributed by atoms with Gasteiger partial charge >= 0.3 is 0 Å². The van der Waals surface area contributed by atoms with Crippen molar-refractivity contribution >= 4 is 55.9 Å². The van der Waals surface area contributed by atoms with Crippen molar-refractivity contribution in [3.8, 4) is 11.4 Å². The summed E-state index contributed by atoms with van der Waals surface area (Å²) >= 11 is 8.72. The Balaban J connectivity index is 1.54. The van der Waals surface area contributed by atoms with Crippen molar-refractivity contribution in [2.24, 2.45) is 0 Å². The van der Waals surface area contributed by atoms with E-state index in [4.69, 9.17) is 17.0 Å². The van der Waals surface area contributed by atoms with Gasteiger partial charge in [-0.15, -0.1) is 10.2 Å². The zero-order chi connectivity index (χ0) is 22.0. The molecule has 0 spiro atoms. The number of nitrogens with one attached hydrogen (secondary N) is 2. The summed E-state index contributed by atoms with van der Waals surface area (Å²) in [6, 6.07) is 18.6. The summed E-state index contributed by atoms with van der Waals surface area (Å²) < 4.78 is 6.03. The number of amides is 1. The Labute approximate surface area is 192 Å². The monoisotopic (exact) mass is 495 g/mol. The Bertz CT molecular complexity index is 1290. The van der Waals surface area contributed by atoms with E-state index in [9.17, 15) is 4.79 Å². The molecule has 0 aliphatic carbocycles. The normalized spacial score (nSPS) is 10.7. The Morgan fingerprint density at radius 2 is 1.77 bits per heavy atom. The molecule has 1 heterocycles. The second kappa shape index (κ2) is 8.83. The largest absolute Gasteiger partial charge is 0.496 e. The van der Waals surface area contributed by atoms with Crippen molar-refractivity contribution in [3.05, 3.63) is 76.3 Å². The zero-order valence-electron chi connectivity index (χ0n) is 16.7. The topological polar surface area (TPSA) is 81.1 Å². The Morgan fingerprint density at radius 3 is 2.48 bits per heavy atom. The lowest BCUT2D eigenvalue weighted by Crippen LogP contribution is -2.34. The van der Waals surface area contributed by atoms with Gasteiger partial charge in [0.25, 0.3) is 5.91 Å². The zero-order valence-corrected chi connectivity index (χ0v) is 19.1. The van der Waals surface area contributed by atoms with Crippen molar-refractivity contribution in [1.82, 2.24) is 20.3 Å². The van der Waals surface area contributed by atoms with E-state index >= 15 is 0 Å². The van der Waals surface area contributed by atoms with Gasteiger partial charge in [-0.2, -0.15) is 4.80 Å². The molecule has 3 aromatic carbocycles. The third-order valence-corrected chi connectivity index (χ3v) is 5.29. The first-order chi connectivity index (χ1) is 14.9. The number of fused-ring (bicyclic) bond motifs is 1. The van der Waals surface area contributed by atoms with Gasteiger partial charge in [-0.05, 0) is 67.2 Å². The molecule has 0 saturated heterocycles. The van der Waals surface area contributed by atoms with E-state index in [0.717, 1.165) is 26.9 Å². The van der Waals surface area contributed by atoms with Crippen LogP contribution in [0.5, 0.6) is 5.75 Å². The maximum atomic E-state index is 12.7. The summed E-state index contributed by atoms with van der Waals surface area (Å²) in [5, 5.41) is 15.0. The Hall–Kier alpha value is -3.30. The molecule has 7 nitrogen and oxygen atoms in total. The van der Waals surface area contributed by atoms with E-state index in [-0.39, 0.29) is 11.0 Å². The van der Waals surface area contributed by atoms with Crippen LogP contribution in [0.1, 0.15) is 15.9 Å². The standard InChI is InChI=1S/C22H18BrN5O2S/c1-13-10-18-19(27-28(26-18)15-6-4-3-5-7-15)12-17(13)24-22(31)25-21(29)16-11-14(23)8-9-20(16)30-2/h3-12H,1-2H3,(H2,24,25,29,31). The summed E-state index contributed by atoms with van der Waals surface area (Å²) in [5.41, 5.74) is 4.37. The van der Waals surface area contributed by atoms with E-state index in [1.165, 1.54) is 7.11 Å². The molecule has 2 N–H and O–H groups in total. The minimum Gasteiger partial charge on any atom is -0.496 e. The highest BCUT2D eigenvalue weighted by molar-refractivity contribution is 9.10. The molecule has 0 fully saturated rings. The number of rotatable bonds is 4. The average molecular weight is 496 g/mol. The molecule has 31 heavy (non-hydrogen) atoms. The van der Waals surface area contributed by atoms with Crippen LogP contribution in [0.2, 0.25) is 0 Å². The number of anilines is 1. The number of aromatic nitrogens is 3. The maximum Gasteiger partial charge on any atom is 0.261 e. The summed E-state index contributed by atoms with van der Waals surface area (Å²) in [6.45, 7) is 1.94. The van der Waals surface area contributed by atoms with Crippen molar-refractivity contribution in [1.29, 1.82) is 0 Å². The maximum absolute atomic E-state index is 12.7. The van der Waals surface area contributed by atoms with Crippen LogP contribution in [0.3, 0.4) is 0 Å². The average Bonchev–Trinajstić information content (AvgIpc) is 3.17. The SMILES string of the molecule is COc1ccc(Br)cc1C(=O)NC(=S)Nc1cc2nn(-c3ccccc3)nc2cc1C. The molecule has 0 saturated carbocycles. The number of ether oxygens (including phenoxy) is 1. The van der Waals surface area contributed by atoms with Crippen LogP contribution in [0.15, 0.2) is 65.1 Å². The Morgan fingerprint density at radius 1 is 1.06 bits per heavy atom. The fraction of sp³-hybridized carbons (Fsp3) is 0.0909. The number of hydrogen-bond acceptors (Lipinski definition) is 5. The van der Waals surface area contributed by atoms with E-state index < -0.39 is 0 Å². The molecule has 1 amide bonds. The summed E-state index contributed by atoms with van der Waals surface area (Å²) in [7, 11) is 1.51. The number of thiocarbonyl (C=S) groups is 1. The highest BCUT2D eigenvalue weighted by Crippen LogP contribution is 2.24. The van der Waals surface area contributed by atoms with Crippen LogP contribution in [0.25, 0.3) is 16.7 Å². The molecule has 156 valence electrons. The smallest absolute Gasteiger partial charge is 0.261 e. The molecule has 9 heteroatoms. The molecule has 4 rings (SSSR count). The first-order valence-corrected chi connectivity index (χ1v) is 10.5. The molecule has 0 aliphatic rings. The van der Waals surface area contributed by atoms with Gasteiger partial charge in [-0.3, -0.25) is 10.1 Å². The number of hydrogen-bond donors (Lipinski definition) is 2. The van der Waals surface area contributed by atoms with Crippen LogP contribution in [-0.4, -0.2) is 33.1 Å². The molecule has 0 atom stereocenters. The highest BCUT2D eigenvalue weighted by Gasteiger charge is 2.15. The number of nitrogens with zero attached hydrogens (tertiary/aromatic N) is 3. The number of aryl methyl sites for hydroxylation is 1.